The van der Waals surface area contributed by atoms with Crippen molar-refractivity contribution in [3.05, 3.63) is 67.6 Å². The molecule has 10 heteroatoms. The van der Waals surface area contributed by atoms with E-state index in [-0.39, 0.29) is 29.5 Å². The van der Waals surface area contributed by atoms with Crippen molar-refractivity contribution >= 4 is 22.7 Å². The van der Waals surface area contributed by atoms with Gasteiger partial charge in [-0.3, -0.25) is 9.78 Å². The zero-order valence-corrected chi connectivity index (χ0v) is 14.9. The van der Waals surface area contributed by atoms with Gasteiger partial charge in [0.2, 0.25) is 11.7 Å². The molecule has 7 nitrogen and oxygen atoms in total. The molecule has 0 atom stereocenters. The summed E-state index contributed by atoms with van der Waals surface area (Å²) in [5, 5.41) is 16.7. The largest absolute Gasteiger partial charge is 0.494 e. The number of aromatic nitrogens is 5. The lowest BCUT2D eigenvalue weighted by atomic mass is 10.2. The highest BCUT2D eigenvalue weighted by Crippen LogP contribution is 2.23. The van der Waals surface area contributed by atoms with Gasteiger partial charge >= 0.3 is 4.87 Å². The molecule has 2 N–H and O–H groups in total. The Morgan fingerprint density at radius 3 is 2.85 bits per heavy atom. The van der Waals surface area contributed by atoms with Crippen LogP contribution in [0.2, 0.25) is 0 Å². The zero-order valence-electron chi connectivity index (χ0n) is 13.2. The van der Waals surface area contributed by atoms with Crippen LogP contribution in [0.1, 0.15) is 16.3 Å². The van der Waals surface area contributed by atoms with E-state index in [1.54, 1.807) is 29.1 Å². The third-order valence-corrected chi connectivity index (χ3v) is 5.31. The Morgan fingerprint density at radius 2 is 2.15 bits per heavy atom. The van der Waals surface area contributed by atoms with Crippen LogP contribution < -0.4 is 4.87 Å². The number of aromatic amines is 1. The molecule has 1 aromatic carbocycles. The van der Waals surface area contributed by atoms with E-state index in [1.165, 1.54) is 17.4 Å². The van der Waals surface area contributed by atoms with Gasteiger partial charge in [-0.15, -0.1) is 16.4 Å². The minimum Gasteiger partial charge on any atom is -0.494 e. The summed E-state index contributed by atoms with van der Waals surface area (Å²) in [5.74, 6) is 0.410. The minimum absolute atomic E-state index is 0.181. The topological polar surface area (TPSA) is 96.7 Å². The molecule has 0 aliphatic heterocycles. The summed E-state index contributed by atoms with van der Waals surface area (Å²) in [6, 6.07) is 6.44. The van der Waals surface area contributed by atoms with E-state index >= 15 is 0 Å². The average molecular weight is 389 g/mol. The van der Waals surface area contributed by atoms with Crippen LogP contribution in [0.5, 0.6) is 5.88 Å². The fourth-order valence-corrected chi connectivity index (χ4v) is 3.74. The molecule has 132 valence electrons. The molecule has 4 aromatic rings. The van der Waals surface area contributed by atoms with E-state index in [4.69, 9.17) is 0 Å². The van der Waals surface area contributed by atoms with Crippen molar-refractivity contribution in [1.82, 2.24) is 24.7 Å². The molecule has 0 spiro atoms. The molecular weight excluding hydrogens is 377 g/mol. The van der Waals surface area contributed by atoms with Gasteiger partial charge in [0.15, 0.2) is 5.01 Å². The smallest absolute Gasteiger partial charge is 0.307 e. The van der Waals surface area contributed by atoms with Gasteiger partial charge in [0.25, 0.3) is 0 Å². The molecule has 0 radical (unpaired) electrons. The summed E-state index contributed by atoms with van der Waals surface area (Å²) in [5.41, 5.74) is 0.468. The van der Waals surface area contributed by atoms with Crippen molar-refractivity contribution < 1.29 is 9.50 Å². The molecule has 0 saturated heterocycles. The Bertz CT molecular complexity index is 1100. The van der Waals surface area contributed by atoms with Crippen LogP contribution in [0.15, 0.2) is 40.6 Å². The van der Waals surface area contributed by atoms with Gasteiger partial charge in [0, 0.05) is 23.6 Å². The SMILES string of the molecule is O=c1[nH]c(O)c(Cc2nc(-c3nccs3)nn2Cc2ccccc2F)s1. The van der Waals surface area contributed by atoms with E-state index < -0.39 is 0 Å². The number of hydrogen-bond donors (Lipinski definition) is 2. The predicted octanol–water partition coefficient (Wildman–Crippen LogP) is 2.64. The third kappa shape index (κ3) is 3.28. The first kappa shape index (κ1) is 16.6. The van der Waals surface area contributed by atoms with Crippen LogP contribution in [0.3, 0.4) is 0 Å². The van der Waals surface area contributed by atoms with E-state index in [1.807, 2.05) is 5.38 Å². The van der Waals surface area contributed by atoms with Crippen LogP contribution in [-0.4, -0.2) is 29.8 Å². The van der Waals surface area contributed by atoms with Crippen molar-refractivity contribution in [2.75, 3.05) is 0 Å². The van der Waals surface area contributed by atoms with Gasteiger partial charge in [-0.1, -0.05) is 29.5 Å². The summed E-state index contributed by atoms with van der Waals surface area (Å²) >= 11 is 2.30. The van der Waals surface area contributed by atoms with Gasteiger partial charge in [-0.25, -0.2) is 19.0 Å². The maximum atomic E-state index is 14.0. The number of aromatic hydroxyl groups is 1. The van der Waals surface area contributed by atoms with Crippen molar-refractivity contribution in [2.45, 2.75) is 13.0 Å². The summed E-state index contributed by atoms with van der Waals surface area (Å²) in [7, 11) is 0. The van der Waals surface area contributed by atoms with Crippen LogP contribution in [0, 0.1) is 5.82 Å². The second kappa shape index (κ2) is 6.81. The maximum Gasteiger partial charge on any atom is 0.307 e. The molecule has 3 heterocycles. The first-order valence-corrected chi connectivity index (χ1v) is 9.27. The molecule has 3 aromatic heterocycles. The first-order chi connectivity index (χ1) is 12.6. The van der Waals surface area contributed by atoms with Gasteiger partial charge in [-0.2, -0.15) is 0 Å². The number of hydrogen-bond acceptors (Lipinski definition) is 7. The van der Waals surface area contributed by atoms with Crippen LogP contribution in [-0.2, 0) is 13.0 Å². The Balaban J connectivity index is 1.74. The number of nitrogens with zero attached hydrogens (tertiary/aromatic N) is 4. The van der Waals surface area contributed by atoms with Gasteiger partial charge < -0.3 is 5.11 Å². The Labute approximate surface area is 154 Å². The molecule has 0 unspecified atom stereocenters. The van der Waals surface area contributed by atoms with Gasteiger partial charge in [-0.05, 0) is 6.07 Å². The fraction of sp³-hybridized carbons (Fsp3) is 0.125. The number of rotatable bonds is 5. The van der Waals surface area contributed by atoms with Crippen LogP contribution in [0.4, 0.5) is 4.39 Å². The normalized spacial score (nSPS) is 11.1. The lowest BCUT2D eigenvalue weighted by Gasteiger charge is -2.06. The van der Waals surface area contributed by atoms with E-state index in [0.717, 1.165) is 11.3 Å². The quantitative estimate of drug-likeness (QED) is 0.547. The van der Waals surface area contributed by atoms with Crippen LogP contribution >= 0.6 is 22.7 Å². The Morgan fingerprint density at radius 1 is 1.31 bits per heavy atom. The zero-order chi connectivity index (χ0) is 18.1. The lowest BCUT2D eigenvalue weighted by Crippen LogP contribution is -2.08. The second-order valence-electron chi connectivity index (χ2n) is 5.40. The average Bonchev–Trinajstić information content (AvgIpc) is 3.32. The molecule has 0 saturated carbocycles. The fourth-order valence-electron chi connectivity index (χ4n) is 2.46. The Kier molecular flexibility index (Phi) is 4.35. The summed E-state index contributed by atoms with van der Waals surface area (Å²) in [6.45, 7) is 0.181. The van der Waals surface area contributed by atoms with E-state index in [9.17, 15) is 14.3 Å². The predicted molar refractivity (Wildman–Crippen MR) is 96.0 cm³/mol. The maximum absolute atomic E-state index is 14.0. The van der Waals surface area contributed by atoms with E-state index in [2.05, 4.69) is 20.1 Å². The molecular formula is C16H12FN5O2S2. The standard InChI is InChI=1S/C16H12FN5O2S2/c17-10-4-2-1-3-9(10)8-22-12(7-11-14(23)20-16(24)26-11)19-13(21-22)15-18-5-6-25-15/h1-6,23H,7-8H2,(H,20,24). The van der Waals surface area contributed by atoms with E-state index in [0.29, 0.717) is 27.1 Å². The number of thiazole rings is 2. The minimum atomic E-state index is -0.349. The Hall–Kier alpha value is -2.85. The highest BCUT2D eigenvalue weighted by Gasteiger charge is 2.18. The number of nitrogens with one attached hydrogen (secondary N) is 1. The highest BCUT2D eigenvalue weighted by molar-refractivity contribution is 7.13. The third-order valence-electron chi connectivity index (χ3n) is 3.67. The summed E-state index contributed by atoms with van der Waals surface area (Å²) in [4.78, 5) is 22.5. The number of benzene rings is 1. The first-order valence-electron chi connectivity index (χ1n) is 7.58. The van der Waals surface area contributed by atoms with Crippen molar-refractivity contribution in [1.29, 1.82) is 0 Å². The molecule has 4 rings (SSSR count). The lowest BCUT2D eigenvalue weighted by molar-refractivity contribution is 0.450. The van der Waals surface area contributed by atoms with Crippen molar-refractivity contribution in [3.8, 4) is 16.7 Å². The monoisotopic (exact) mass is 389 g/mol. The summed E-state index contributed by atoms with van der Waals surface area (Å²) in [6.07, 6.45) is 1.85. The summed E-state index contributed by atoms with van der Waals surface area (Å²) < 4.78 is 15.6. The van der Waals surface area contributed by atoms with Crippen molar-refractivity contribution in [2.24, 2.45) is 0 Å². The number of halogens is 1. The molecule has 0 fully saturated rings. The molecule has 0 aliphatic carbocycles. The molecule has 0 amide bonds. The van der Waals surface area contributed by atoms with Gasteiger partial charge in [0.1, 0.15) is 11.6 Å². The second-order valence-corrected chi connectivity index (χ2v) is 7.36. The van der Waals surface area contributed by atoms with Gasteiger partial charge in [0.05, 0.1) is 11.4 Å². The molecule has 0 bridgehead atoms. The highest BCUT2D eigenvalue weighted by atomic mass is 32.1. The van der Waals surface area contributed by atoms with Crippen molar-refractivity contribution in [3.63, 3.8) is 0 Å². The van der Waals surface area contributed by atoms with Crippen LogP contribution in [0.25, 0.3) is 10.8 Å². The molecule has 26 heavy (non-hydrogen) atoms. The molecule has 0 aliphatic rings. The number of H-pyrrole nitrogens is 1.